The molecule has 12 heavy (non-hydrogen) atoms. The van der Waals surface area contributed by atoms with Gasteiger partial charge in [0.2, 0.25) is 0 Å². The summed E-state index contributed by atoms with van der Waals surface area (Å²) in [4.78, 5) is 11.2. The smallest absolute Gasteiger partial charge is 0.328 e. The molecule has 0 bridgehead atoms. The lowest BCUT2D eigenvalue weighted by molar-refractivity contribution is -0.146. The summed E-state index contributed by atoms with van der Waals surface area (Å²) in [6.07, 6.45) is 4.69. The molecule has 0 fully saturated rings. The Morgan fingerprint density at radius 2 is 2.50 bits per heavy atom. The first-order chi connectivity index (χ1) is 5.75. The minimum Gasteiger partial charge on any atom is -0.464 e. The highest BCUT2D eigenvalue weighted by Gasteiger charge is 2.14. The molecule has 0 N–H and O–H groups in total. The van der Waals surface area contributed by atoms with Gasteiger partial charge in [-0.3, -0.25) is 0 Å². The summed E-state index contributed by atoms with van der Waals surface area (Å²) < 4.78 is 6.54. The van der Waals surface area contributed by atoms with Gasteiger partial charge in [-0.05, 0) is 26.0 Å². The third kappa shape index (κ3) is 1.87. The fourth-order valence-corrected chi connectivity index (χ4v) is 0.925. The molecule has 1 aromatic heterocycles. The van der Waals surface area contributed by atoms with E-state index in [1.165, 1.54) is 0 Å². The van der Waals surface area contributed by atoms with Gasteiger partial charge in [-0.25, -0.2) is 4.79 Å². The molecule has 1 aromatic rings. The Morgan fingerprint density at radius 1 is 1.75 bits per heavy atom. The monoisotopic (exact) mass is 166 g/mol. The van der Waals surface area contributed by atoms with Gasteiger partial charge in [0.1, 0.15) is 6.04 Å². The predicted molar refractivity (Wildman–Crippen MR) is 44.6 cm³/mol. The van der Waals surface area contributed by atoms with Gasteiger partial charge < -0.3 is 9.30 Å². The van der Waals surface area contributed by atoms with Crippen molar-refractivity contribution < 1.29 is 9.53 Å². The van der Waals surface area contributed by atoms with Crippen LogP contribution in [0.3, 0.4) is 0 Å². The quantitative estimate of drug-likeness (QED) is 0.636. The van der Waals surface area contributed by atoms with Crippen molar-refractivity contribution in [2.24, 2.45) is 0 Å². The maximum Gasteiger partial charge on any atom is 0.328 e. The zero-order valence-corrected chi connectivity index (χ0v) is 7.28. The molecular formula is C9H12NO2. The molecule has 1 radical (unpaired) electrons. The Kier molecular flexibility index (Phi) is 2.91. The highest BCUT2D eigenvalue weighted by atomic mass is 16.5. The van der Waals surface area contributed by atoms with Gasteiger partial charge in [0.15, 0.2) is 0 Å². The van der Waals surface area contributed by atoms with E-state index in [9.17, 15) is 4.79 Å². The summed E-state index contributed by atoms with van der Waals surface area (Å²) in [6, 6.07) is 3.31. The number of rotatable bonds is 3. The Hall–Kier alpha value is -1.25. The molecule has 0 amide bonds. The number of hydrogen-bond donors (Lipinski definition) is 0. The van der Waals surface area contributed by atoms with Crippen molar-refractivity contribution in [2.75, 3.05) is 6.61 Å². The molecule has 0 saturated heterocycles. The second kappa shape index (κ2) is 3.95. The normalized spacial score (nSPS) is 12.5. The number of hydrogen-bond acceptors (Lipinski definition) is 2. The SMILES string of the molecule is CCOC(=O)C(C)n1[c]ccc1. The summed E-state index contributed by atoms with van der Waals surface area (Å²) in [6.45, 7) is 4.00. The van der Waals surface area contributed by atoms with Gasteiger partial charge in [-0.2, -0.15) is 0 Å². The lowest BCUT2D eigenvalue weighted by atomic mass is 10.3. The van der Waals surface area contributed by atoms with Crippen LogP contribution in [0.2, 0.25) is 0 Å². The minimum atomic E-state index is -0.278. The maximum absolute atomic E-state index is 11.2. The van der Waals surface area contributed by atoms with Gasteiger partial charge in [0, 0.05) is 6.20 Å². The summed E-state index contributed by atoms with van der Waals surface area (Å²) in [5.74, 6) is -0.218. The van der Waals surface area contributed by atoms with Crippen LogP contribution in [0.1, 0.15) is 19.9 Å². The number of ether oxygens (including phenoxy) is 1. The molecule has 0 spiro atoms. The summed E-state index contributed by atoms with van der Waals surface area (Å²) in [5, 5.41) is 0. The summed E-state index contributed by atoms with van der Waals surface area (Å²) in [5.41, 5.74) is 0. The highest BCUT2D eigenvalue weighted by molar-refractivity contribution is 5.73. The van der Waals surface area contributed by atoms with E-state index in [2.05, 4.69) is 6.20 Å². The largest absolute Gasteiger partial charge is 0.464 e. The van der Waals surface area contributed by atoms with Gasteiger partial charge >= 0.3 is 5.97 Å². The minimum absolute atomic E-state index is 0.218. The third-order valence-corrected chi connectivity index (χ3v) is 1.61. The molecular weight excluding hydrogens is 154 g/mol. The van der Waals surface area contributed by atoms with E-state index in [1.54, 1.807) is 30.7 Å². The van der Waals surface area contributed by atoms with Gasteiger partial charge in [0.05, 0.1) is 12.8 Å². The van der Waals surface area contributed by atoms with Crippen LogP contribution in [0.5, 0.6) is 0 Å². The van der Waals surface area contributed by atoms with Crippen LogP contribution >= 0.6 is 0 Å². The van der Waals surface area contributed by atoms with E-state index in [4.69, 9.17) is 4.74 Å². The highest BCUT2D eigenvalue weighted by Crippen LogP contribution is 2.06. The number of esters is 1. The zero-order valence-electron chi connectivity index (χ0n) is 7.28. The molecule has 1 heterocycles. The lowest BCUT2D eigenvalue weighted by Gasteiger charge is -2.10. The van der Waals surface area contributed by atoms with Gasteiger partial charge in [-0.1, -0.05) is 0 Å². The number of carbonyl (C=O) groups excluding carboxylic acids is 1. The molecule has 65 valence electrons. The van der Waals surface area contributed by atoms with Gasteiger partial charge in [-0.15, -0.1) is 0 Å². The van der Waals surface area contributed by atoms with Crippen molar-refractivity contribution in [3.63, 3.8) is 0 Å². The molecule has 1 atom stereocenters. The second-order valence-electron chi connectivity index (χ2n) is 2.47. The van der Waals surface area contributed by atoms with Crippen molar-refractivity contribution in [1.82, 2.24) is 4.57 Å². The van der Waals surface area contributed by atoms with Crippen LogP contribution < -0.4 is 0 Å². The van der Waals surface area contributed by atoms with E-state index >= 15 is 0 Å². The van der Waals surface area contributed by atoms with Crippen molar-refractivity contribution >= 4 is 5.97 Å². The first kappa shape index (κ1) is 8.84. The number of aromatic nitrogens is 1. The molecule has 0 aliphatic carbocycles. The van der Waals surface area contributed by atoms with E-state index in [1.807, 2.05) is 6.07 Å². The summed E-state index contributed by atoms with van der Waals surface area (Å²) >= 11 is 0. The van der Waals surface area contributed by atoms with Crippen molar-refractivity contribution in [3.8, 4) is 0 Å². The van der Waals surface area contributed by atoms with Crippen LogP contribution in [0, 0.1) is 6.20 Å². The van der Waals surface area contributed by atoms with E-state index in [0.717, 1.165) is 0 Å². The Labute approximate surface area is 72.0 Å². The Morgan fingerprint density at radius 3 is 3.00 bits per heavy atom. The molecule has 3 heteroatoms. The molecule has 1 unspecified atom stereocenters. The average Bonchev–Trinajstić information content (AvgIpc) is 2.55. The van der Waals surface area contributed by atoms with Gasteiger partial charge in [0.25, 0.3) is 0 Å². The van der Waals surface area contributed by atoms with E-state index in [-0.39, 0.29) is 12.0 Å². The first-order valence-electron chi connectivity index (χ1n) is 3.97. The summed E-state index contributed by atoms with van der Waals surface area (Å²) in [7, 11) is 0. The molecule has 3 nitrogen and oxygen atoms in total. The Balaban J connectivity index is 2.59. The third-order valence-electron chi connectivity index (χ3n) is 1.61. The predicted octanol–water partition coefficient (Wildman–Crippen LogP) is 1.41. The van der Waals surface area contributed by atoms with Crippen LogP contribution in [0.15, 0.2) is 18.3 Å². The fourth-order valence-electron chi connectivity index (χ4n) is 0.925. The van der Waals surface area contributed by atoms with E-state index in [0.29, 0.717) is 6.61 Å². The average molecular weight is 166 g/mol. The standard InChI is InChI=1S/C9H12NO2/c1-3-12-9(11)8(2)10-6-4-5-7-10/h4-6,8H,3H2,1-2H3. The van der Waals surface area contributed by atoms with Crippen LogP contribution in [0.25, 0.3) is 0 Å². The van der Waals surface area contributed by atoms with Crippen molar-refractivity contribution in [2.45, 2.75) is 19.9 Å². The second-order valence-corrected chi connectivity index (χ2v) is 2.47. The van der Waals surface area contributed by atoms with Crippen molar-refractivity contribution in [1.29, 1.82) is 0 Å². The van der Waals surface area contributed by atoms with Crippen LogP contribution in [-0.2, 0) is 9.53 Å². The first-order valence-corrected chi connectivity index (χ1v) is 3.97. The Bertz CT molecular complexity index is 241. The molecule has 0 saturated carbocycles. The fraction of sp³-hybridized carbons (Fsp3) is 0.444. The molecule has 0 aliphatic rings. The van der Waals surface area contributed by atoms with Crippen LogP contribution in [0.4, 0.5) is 0 Å². The molecule has 1 rings (SSSR count). The number of carbonyl (C=O) groups is 1. The van der Waals surface area contributed by atoms with Crippen LogP contribution in [-0.4, -0.2) is 17.1 Å². The van der Waals surface area contributed by atoms with Crippen molar-refractivity contribution in [3.05, 3.63) is 24.5 Å². The zero-order chi connectivity index (χ0) is 8.97. The molecule has 0 aromatic carbocycles. The number of nitrogens with zero attached hydrogens (tertiary/aromatic N) is 1. The maximum atomic E-state index is 11.2. The van der Waals surface area contributed by atoms with E-state index < -0.39 is 0 Å². The molecule has 0 aliphatic heterocycles. The topological polar surface area (TPSA) is 31.2 Å². The lowest BCUT2D eigenvalue weighted by Crippen LogP contribution is -2.17.